The maximum atomic E-state index is 11.0. The van der Waals surface area contributed by atoms with E-state index in [9.17, 15) is 4.79 Å². The number of hydrogen-bond acceptors (Lipinski definition) is 4. The number of nitrogens with one attached hydrogen (secondary N) is 1. The van der Waals surface area contributed by atoms with Gasteiger partial charge in [-0.05, 0) is 24.6 Å². The van der Waals surface area contributed by atoms with Crippen molar-refractivity contribution in [2.75, 3.05) is 11.9 Å². The monoisotopic (exact) mass is 264 g/mol. The third-order valence-corrected chi connectivity index (χ3v) is 3.34. The number of carbonyl (C=O) groups is 1. The van der Waals surface area contributed by atoms with Crippen LogP contribution in [0.4, 0.5) is 5.13 Å². The number of ether oxygens (including phenoxy) is 1. The van der Waals surface area contributed by atoms with Gasteiger partial charge in [-0.1, -0.05) is 24.7 Å². The molecule has 1 heterocycles. The minimum atomic E-state index is -0.103. The van der Waals surface area contributed by atoms with Crippen LogP contribution in [-0.4, -0.2) is 17.5 Å². The predicted molar refractivity (Wildman–Crippen MR) is 74.3 cm³/mol. The van der Waals surface area contributed by atoms with Crippen LogP contribution in [0.1, 0.15) is 26.7 Å². The Balaban J connectivity index is 2.14. The molecule has 0 aliphatic heterocycles. The molecule has 1 aromatic heterocycles. The molecule has 96 valence electrons. The molecule has 0 radical (unpaired) electrons. The average Bonchev–Trinajstić information content (AvgIpc) is 2.69. The molecule has 1 aromatic carbocycles. The predicted octanol–water partition coefficient (Wildman–Crippen LogP) is 3.43. The van der Waals surface area contributed by atoms with Gasteiger partial charge in [-0.25, -0.2) is 4.98 Å². The first-order valence-corrected chi connectivity index (χ1v) is 6.81. The highest BCUT2D eigenvalue weighted by Gasteiger charge is 2.06. The Kier molecular flexibility index (Phi) is 4.15. The molecule has 2 aromatic rings. The van der Waals surface area contributed by atoms with E-state index in [1.54, 1.807) is 0 Å². The summed E-state index contributed by atoms with van der Waals surface area (Å²) in [6, 6.07) is 5.79. The van der Waals surface area contributed by atoms with Crippen LogP contribution in [0.3, 0.4) is 0 Å². The van der Waals surface area contributed by atoms with Gasteiger partial charge < -0.3 is 10.1 Å². The van der Waals surface area contributed by atoms with Crippen LogP contribution in [0, 0.1) is 0 Å². The van der Waals surface area contributed by atoms with Crippen LogP contribution in [0.15, 0.2) is 18.2 Å². The Bertz CT molecular complexity index is 551. The van der Waals surface area contributed by atoms with Gasteiger partial charge in [0.2, 0.25) is 5.91 Å². The van der Waals surface area contributed by atoms with Gasteiger partial charge in [0.15, 0.2) is 5.13 Å². The summed E-state index contributed by atoms with van der Waals surface area (Å²) in [5, 5.41) is 3.32. The van der Waals surface area contributed by atoms with E-state index in [0.29, 0.717) is 5.13 Å². The SMILES string of the molecule is CCCCOc1ccc2nc(NC(C)=O)sc2c1. The molecular formula is C13H16N2O2S. The number of amides is 1. The highest BCUT2D eigenvalue weighted by molar-refractivity contribution is 7.22. The molecule has 0 unspecified atom stereocenters. The number of fused-ring (bicyclic) bond motifs is 1. The van der Waals surface area contributed by atoms with Gasteiger partial charge in [0.05, 0.1) is 16.8 Å². The Hall–Kier alpha value is -1.62. The standard InChI is InChI=1S/C13H16N2O2S/c1-3-4-7-17-10-5-6-11-12(8-10)18-13(15-11)14-9(2)16/h5-6,8H,3-4,7H2,1-2H3,(H,14,15,16). The summed E-state index contributed by atoms with van der Waals surface area (Å²) in [6.45, 7) is 4.35. The third kappa shape index (κ3) is 3.20. The number of carbonyl (C=O) groups excluding carboxylic acids is 1. The summed E-state index contributed by atoms with van der Waals surface area (Å²) in [5.41, 5.74) is 0.881. The van der Waals surface area contributed by atoms with Crippen molar-refractivity contribution >= 4 is 32.6 Å². The fraction of sp³-hybridized carbons (Fsp3) is 0.385. The smallest absolute Gasteiger partial charge is 0.223 e. The van der Waals surface area contributed by atoms with Gasteiger partial charge in [-0.2, -0.15) is 0 Å². The average molecular weight is 264 g/mol. The maximum absolute atomic E-state index is 11.0. The second-order valence-electron chi connectivity index (χ2n) is 4.03. The van der Waals surface area contributed by atoms with Crippen molar-refractivity contribution in [2.24, 2.45) is 0 Å². The lowest BCUT2D eigenvalue weighted by atomic mass is 10.3. The van der Waals surface area contributed by atoms with Crippen LogP contribution in [-0.2, 0) is 4.79 Å². The van der Waals surface area contributed by atoms with Crippen molar-refractivity contribution in [3.8, 4) is 5.75 Å². The molecule has 0 fully saturated rings. The topological polar surface area (TPSA) is 51.2 Å². The Morgan fingerprint density at radius 1 is 1.50 bits per heavy atom. The van der Waals surface area contributed by atoms with Crippen molar-refractivity contribution in [2.45, 2.75) is 26.7 Å². The quantitative estimate of drug-likeness (QED) is 0.842. The molecule has 0 saturated heterocycles. The fourth-order valence-corrected chi connectivity index (χ4v) is 2.47. The zero-order valence-electron chi connectivity index (χ0n) is 10.5. The molecule has 5 heteroatoms. The van der Waals surface area contributed by atoms with Gasteiger partial charge >= 0.3 is 0 Å². The van der Waals surface area contributed by atoms with E-state index in [-0.39, 0.29) is 5.91 Å². The number of thiazole rings is 1. The molecule has 0 saturated carbocycles. The number of anilines is 1. The number of benzene rings is 1. The zero-order chi connectivity index (χ0) is 13.0. The summed E-state index contributed by atoms with van der Waals surface area (Å²) >= 11 is 1.46. The Morgan fingerprint density at radius 2 is 2.33 bits per heavy atom. The lowest BCUT2D eigenvalue weighted by Gasteiger charge is -2.04. The molecule has 4 nitrogen and oxygen atoms in total. The molecule has 18 heavy (non-hydrogen) atoms. The van der Waals surface area contributed by atoms with E-state index in [4.69, 9.17) is 4.74 Å². The maximum Gasteiger partial charge on any atom is 0.223 e. The summed E-state index contributed by atoms with van der Waals surface area (Å²) in [4.78, 5) is 15.3. The van der Waals surface area contributed by atoms with Crippen molar-refractivity contribution in [1.29, 1.82) is 0 Å². The van der Waals surface area contributed by atoms with Crippen molar-refractivity contribution in [3.63, 3.8) is 0 Å². The minimum Gasteiger partial charge on any atom is -0.494 e. The van der Waals surface area contributed by atoms with Crippen molar-refractivity contribution in [1.82, 2.24) is 4.98 Å². The van der Waals surface area contributed by atoms with Crippen LogP contribution in [0.2, 0.25) is 0 Å². The summed E-state index contributed by atoms with van der Waals surface area (Å²) in [5.74, 6) is 0.752. The van der Waals surface area contributed by atoms with Gasteiger partial charge in [-0.3, -0.25) is 4.79 Å². The molecule has 1 amide bonds. The van der Waals surface area contributed by atoms with E-state index in [2.05, 4.69) is 17.2 Å². The van der Waals surface area contributed by atoms with Crippen molar-refractivity contribution in [3.05, 3.63) is 18.2 Å². The first kappa shape index (κ1) is 12.8. The number of hydrogen-bond donors (Lipinski definition) is 1. The summed E-state index contributed by atoms with van der Waals surface area (Å²) < 4.78 is 6.66. The first-order chi connectivity index (χ1) is 8.69. The summed E-state index contributed by atoms with van der Waals surface area (Å²) in [7, 11) is 0. The summed E-state index contributed by atoms with van der Waals surface area (Å²) in [6.07, 6.45) is 2.17. The second kappa shape index (κ2) is 5.82. The van der Waals surface area contributed by atoms with E-state index >= 15 is 0 Å². The van der Waals surface area contributed by atoms with Crippen LogP contribution in [0.5, 0.6) is 5.75 Å². The van der Waals surface area contributed by atoms with Gasteiger partial charge in [-0.15, -0.1) is 0 Å². The highest BCUT2D eigenvalue weighted by atomic mass is 32.1. The van der Waals surface area contributed by atoms with Gasteiger partial charge in [0, 0.05) is 6.92 Å². The van der Waals surface area contributed by atoms with Crippen LogP contribution < -0.4 is 10.1 Å². The number of nitrogens with zero attached hydrogens (tertiary/aromatic N) is 1. The minimum absolute atomic E-state index is 0.103. The van der Waals surface area contributed by atoms with E-state index < -0.39 is 0 Å². The molecule has 0 atom stereocenters. The molecule has 0 bridgehead atoms. The Labute approximate surface area is 110 Å². The number of unbranched alkanes of at least 4 members (excludes halogenated alkanes) is 1. The highest BCUT2D eigenvalue weighted by Crippen LogP contribution is 2.29. The zero-order valence-corrected chi connectivity index (χ0v) is 11.3. The van der Waals surface area contributed by atoms with Crippen molar-refractivity contribution < 1.29 is 9.53 Å². The third-order valence-electron chi connectivity index (χ3n) is 2.41. The normalized spacial score (nSPS) is 10.6. The lowest BCUT2D eigenvalue weighted by Crippen LogP contribution is -2.04. The number of aromatic nitrogens is 1. The second-order valence-corrected chi connectivity index (χ2v) is 5.06. The molecule has 2 rings (SSSR count). The molecule has 0 aliphatic carbocycles. The first-order valence-electron chi connectivity index (χ1n) is 6.00. The van der Waals surface area contributed by atoms with Gasteiger partial charge in [0.1, 0.15) is 5.75 Å². The fourth-order valence-electron chi connectivity index (χ4n) is 1.53. The van der Waals surface area contributed by atoms with Crippen LogP contribution >= 0.6 is 11.3 Å². The molecular weight excluding hydrogens is 248 g/mol. The number of rotatable bonds is 5. The molecule has 0 aliphatic rings. The molecule has 0 spiro atoms. The molecule has 1 N–H and O–H groups in total. The van der Waals surface area contributed by atoms with E-state index in [1.165, 1.54) is 18.3 Å². The van der Waals surface area contributed by atoms with Gasteiger partial charge in [0.25, 0.3) is 0 Å². The van der Waals surface area contributed by atoms with Crippen LogP contribution in [0.25, 0.3) is 10.2 Å². The lowest BCUT2D eigenvalue weighted by molar-refractivity contribution is -0.114. The van der Waals surface area contributed by atoms with E-state index in [0.717, 1.165) is 35.4 Å². The Morgan fingerprint density at radius 3 is 3.06 bits per heavy atom. The van der Waals surface area contributed by atoms with E-state index in [1.807, 2.05) is 18.2 Å². The largest absolute Gasteiger partial charge is 0.494 e.